The second-order valence-corrected chi connectivity index (χ2v) is 11.1. The average Bonchev–Trinajstić information content (AvgIpc) is 3.28. The van der Waals surface area contributed by atoms with E-state index >= 15 is 4.39 Å². The largest absolute Gasteiger partial charge is 0.390 e. The average molecular weight is 403 g/mol. The van der Waals surface area contributed by atoms with E-state index in [1.165, 1.54) is 0 Å². The third kappa shape index (κ3) is 3.19. The van der Waals surface area contributed by atoms with Crippen molar-refractivity contribution in [2.75, 3.05) is 0 Å². The third-order valence-electron chi connectivity index (χ3n) is 9.51. The lowest BCUT2D eigenvalue weighted by Gasteiger charge is -2.57. The zero-order chi connectivity index (χ0) is 20.4. The van der Waals surface area contributed by atoms with Crippen LogP contribution in [0.4, 0.5) is 4.39 Å². The van der Waals surface area contributed by atoms with Crippen LogP contribution in [0.5, 0.6) is 0 Å². The van der Waals surface area contributed by atoms with E-state index in [2.05, 4.69) is 12.0 Å². The van der Waals surface area contributed by atoms with Gasteiger partial charge < -0.3 is 5.11 Å². The molecule has 29 heavy (non-hydrogen) atoms. The first-order valence-electron chi connectivity index (χ1n) is 11.6. The molecule has 9 atom stereocenters. The normalized spacial score (nSPS) is 49.2. The Morgan fingerprint density at radius 2 is 1.90 bits per heavy atom. The summed E-state index contributed by atoms with van der Waals surface area (Å²) in [6.45, 7) is 4.56. The van der Waals surface area contributed by atoms with Crippen LogP contribution >= 0.6 is 0 Å². The Balaban J connectivity index is 1.35. The van der Waals surface area contributed by atoms with E-state index in [4.69, 9.17) is 0 Å². The van der Waals surface area contributed by atoms with Gasteiger partial charge in [-0.05, 0) is 99.4 Å². The van der Waals surface area contributed by atoms with Crippen molar-refractivity contribution in [2.24, 2.45) is 40.9 Å². The predicted octanol–water partition coefficient (Wildman–Crippen LogP) is 4.42. The molecule has 4 fully saturated rings. The lowest BCUT2D eigenvalue weighted by atomic mass is 9.48. The lowest BCUT2D eigenvalue weighted by molar-refractivity contribution is -0.139. The van der Waals surface area contributed by atoms with Gasteiger partial charge in [0.05, 0.1) is 12.1 Å². The molecule has 1 heterocycles. The summed E-state index contributed by atoms with van der Waals surface area (Å²) in [7, 11) is 0. The van der Waals surface area contributed by atoms with Crippen LogP contribution in [0.2, 0.25) is 0 Å². The minimum absolute atomic E-state index is 0.0120. The molecule has 4 nitrogen and oxygen atoms in total. The molecule has 1 N–H and O–H groups in total. The van der Waals surface area contributed by atoms with Crippen molar-refractivity contribution >= 4 is 5.78 Å². The Morgan fingerprint density at radius 1 is 1.14 bits per heavy atom. The topological polar surface area (TPSA) is 55.1 Å². The quantitative estimate of drug-likeness (QED) is 0.814. The molecule has 160 valence electrons. The first kappa shape index (κ1) is 19.7. The molecular formula is C24H35FN2O2. The molecule has 0 bridgehead atoms. The zero-order valence-corrected chi connectivity index (χ0v) is 17.8. The second kappa shape index (κ2) is 6.90. The molecule has 0 saturated heterocycles. The van der Waals surface area contributed by atoms with Crippen LogP contribution in [-0.4, -0.2) is 32.4 Å². The third-order valence-corrected chi connectivity index (χ3v) is 9.51. The highest BCUT2D eigenvalue weighted by atomic mass is 19.1. The van der Waals surface area contributed by atoms with E-state index in [-0.39, 0.29) is 17.3 Å². The number of fused-ring (bicyclic) bond motifs is 5. The van der Waals surface area contributed by atoms with E-state index in [9.17, 15) is 9.90 Å². The van der Waals surface area contributed by atoms with Gasteiger partial charge in [0, 0.05) is 18.3 Å². The van der Waals surface area contributed by atoms with E-state index in [1.807, 2.05) is 19.2 Å². The minimum atomic E-state index is -0.797. The number of rotatable bonds is 3. The van der Waals surface area contributed by atoms with Crippen molar-refractivity contribution in [1.82, 2.24) is 9.78 Å². The number of ketones is 1. The number of hydrogen-bond acceptors (Lipinski definition) is 3. The molecule has 0 spiro atoms. The van der Waals surface area contributed by atoms with Gasteiger partial charge in [0.15, 0.2) is 5.78 Å². The summed E-state index contributed by atoms with van der Waals surface area (Å²) in [6, 6.07) is 1.86. The molecule has 4 saturated carbocycles. The first-order valence-corrected chi connectivity index (χ1v) is 11.6. The van der Waals surface area contributed by atoms with E-state index in [0.717, 1.165) is 38.5 Å². The Kier molecular flexibility index (Phi) is 4.69. The molecule has 1 aromatic rings. The molecule has 0 radical (unpaired) electrons. The van der Waals surface area contributed by atoms with E-state index in [1.54, 1.807) is 10.9 Å². The monoisotopic (exact) mass is 402 g/mol. The molecule has 5 rings (SSSR count). The van der Waals surface area contributed by atoms with Gasteiger partial charge in [-0.3, -0.25) is 9.48 Å². The SMILES string of the molecule is C[C@@]1(O)CC[C@@H]2[C@H]3CC[C@]4(C)[C@@H](C(=O)Cn5cccn5)CC[C@H]4[C@@H]3C[C@@H](F)[C@H]2C1. The summed E-state index contributed by atoms with van der Waals surface area (Å²) < 4.78 is 17.1. The van der Waals surface area contributed by atoms with Gasteiger partial charge in [0.1, 0.15) is 6.17 Å². The van der Waals surface area contributed by atoms with Crippen LogP contribution in [-0.2, 0) is 11.3 Å². The zero-order valence-electron chi connectivity index (χ0n) is 17.8. The Morgan fingerprint density at radius 3 is 2.66 bits per heavy atom. The van der Waals surface area contributed by atoms with Gasteiger partial charge in [0.25, 0.3) is 0 Å². The summed E-state index contributed by atoms with van der Waals surface area (Å²) in [5, 5.41) is 14.7. The maximum atomic E-state index is 15.3. The molecule has 5 heteroatoms. The van der Waals surface area contributed by atoms with Gasteiger partial charge in [-0.25, -0.2) is 4.39 Å². The fourth-order valence-electron chi connectivity index (χ4n) is 8.20. The second-order valence-electron chi connectivity index (χ2n) is 11.1. The number of hydrogen-bond donors (Lipinski definition) is 1. The van der Waals surface area contributed by atoms with Crippen molar-refractivity contribution in [3.05, 3.63) is 18.5 Å². The van der Waals surface area contributed by atoms with Gasteiger partial charge >= 0.3 is 0 Å². The number of halogens is 1. The van der Waals surface area contributed by atoms with Gasteiger partial charge in [0.2, 0.25) is 0 Å². The molecule has 4 aliphatic carbocycles. The smallest absolute Gasteiger partial charge is 0.157 e. The van der Waals surface area contributed by atoms with Crippen molar-refractivity contribution in [3.63, 3.8) is 0 Å². The summed E-state index contributed by atoms with van der Waals surface area (Å²) in [6.07, 6.45) is 10.0. The van der Waals surface area contributed by atoms with E-state index in [0.29, 0.717) is 48.8 Å². The van der Waals surface area contributed by atoms with Crippen LogP contribution in [0.3, 0.4) is 0 Å². The molecular weight excluding hydrogens is 367 g/mol. The van der Waals surface area contributed by atoms with Crippen LogP contribution < -0.4 is 0 Å². The van der Waals surface area contributed by atoms with Crippen molar-refractivity contribution in [3.8, 4) is 0 Å². The maximum absolute atomic E-state index is 15.3. The van der Waals surface area contributed by atoms with Crippen LogP contribution in [0.25, 0.3) is 0 Å². The van der Waals surface area contributed by atoms with Gasteiger partial charge in [-0.1, -0.05) is 6.92 Å². The number of carbonyl (C=O) groups excluding carboxylic acids is 1. The van der Waals surface area contributed by atoms with Gasteiger partial charge in [-0.2, -0.15) is 5.10 Å². The predicted molar refractivity (Wildman–Crippen MR) is 109 cm³/mol. The number of aliphatic hydroxyl groups is 1. The number of alkyl halides is 1. The fourth-order valence-corrected chi connectivity index (χ4v) is 8.20. The highest BCUT2D eigenvalue weighted by Crippen LogP contribution is 2.65. The number of aromatic nitrogens is 2. The first-order chi connectivity index (χ1) is 13.8. The summed E-state index contributed by atoms with van der Waals surface area (Å²) in [4.78, 5) is 13.1. The molecule has 0 aromatic carbocycles. The lowest BCUT2D eigenvalue weighted by Crippen LogP contribution is -2.54. The molecule has 0 unspecified atom stereocenters. The Hall–Kier alpha value is -1.23. The molecule has 0 aliphatic heterocycles. The molecule has 0 amide bonds. The van der Waals surface area contributed by atoms with E-state index < -0.39 is 11.8 Å². The fraction of sp³-hybridized carbons (Fsp3) is 0.833. The summed E-state index contributed by atoms with van der Waals surface area (Å²) in [5.74, 6) is 2.30. The Labute approximate surface area is 173 Å². The van der Waals surface area contributed by atoms with Crippen molar-refractivity contribution in [2.45, 2.75) is 83.5 Å². The Bertz CT molecular complexity index is 763. The standard InChI is InChI=1S/C24H35FN2O2/c1-23(29)8-6-16-15-7-9-24(2)19(17(15)12-21(25)18(16)13-23)4-5-20(24)22(28)14-27-11-3-10-26-27/h3,10-11,15-21,29H,4-9,12-14H2,1-2H3/t15-,16-,17-,18+,19+,20-,21-,23-,24+/m1/s1. The molecule has 4 aliphatic rings. The van der Waals surface area contributed by atoms with Crippen molar-refractivity contribution < 1.29 is 14.3 Å². The minimum Gasteiger partial charge on any atom is -0.390 e. The van der Waals surface area contributed by atoms with Crippen LogP contribution in [0, 0.1) is 40.9 Å². The number of nitrogens with zero attached hydrogens (tertiary/aromatic N) is 2. The molecule has 1 aromatic heterocycles. The van der Waals surface area contributed by atoms with Crippen LogP contribution in [0.1, 0.15) is 65.2 Å². The van der Waals surface area contributed by atoms with Gasteiger partial charge in [-0.15, -0.1) is 0 Å². The number of Topliss-reactive ketones (excluding diaryl/α,β-unsaturated/α-hetero) is 1. The number of carbonyl (C=O) groups is 1. The van der Waals surface area contributed by atoms with Crippen molar-refractivity contribution in [1.29, 1.82) is 0 Å². The summed E-state index contributed by atoms with van der Waals surface area (Å²) in [5.41, 5.74) is -0.684. The summed E-state index contributed by atoms with van der Waals surface area (Å²) >= 11 is 0. The maximum Gasteiger partial charge on any atom is 0.157 e. The van der Waals surface area contributed by atoms with Crippen LogP contribution in [0.15, 0.2) is 18.5 Å². The highest BCUT2D eigenvalue weighted by Gasteiger charge is 2.60. The highest BCUT2D eigenvalue weighted by molar-refractivity contribution is 5.82.